The molecule has 1 aromatic carbocycles. The van der Waals surface area contributed by atoms with Crippen LogP contribution >= 0.6 is 12.2 Å². The Morgan fingerprint density at radius 1 is 1.18 bits per heavy atom. The smallest absolute Gasteiger partial charge is 0.280 e. The molecule has 0 radical (unpaired) electrons. The molecule has 9 nitrogen and oxygen atoms in total. The van der Waals surface area contributed by atoms with Gasteiger partial charge in [-0.25, -0.2) is 0 Å². The fourth-order valence-electron chi connectivity index (χ4n) is 3.12. The summed E-state index contributed by atoms with van der Waals surface area (Å²) >= 11 is 10.6. The van der Waals surface area contributed by atoms with E-state index >= 15 is 0 Å². The van der Waals surface area contributed by atoms with Crippen molar-refractivity contribution in [1.29, 1.82) is 5.26 Å². The third-order valence-electron chi connectivity index (χ3n) is 4.31. The van der Waals surface area contributed by atoms with Gasteiger partial charge in [0, 0.05) is 29.3 Å². The van der Waals surface area contributed by atoms with Crippen molar-refractivity contribution in [3.8, 4) is 6.07 Å². The fraction of sp³-hybridized carbons (Fsp3) is 0.118. The van der Waals surface area contributed by atoms with Crippen molar-refractivity contribution in [3.63, 3.8) is 0 Å². The van der Waals surface area contributed by atoms with Gasteiger partial charge in [0.05, 0.1) is 27.9 Å². The van der Waals surface area contributed by atoms with Crippen molar-refractivity contribution >= 4 is 41.2 Å². The van der Waals surface area contributed by atoms with E-state index in [9.17, 15) is 25.5 Å². The van der Waals surface area contributed by atoms with Gasteiger partial charge in [0.2, 0.25) is 6.04 Å². The number of benzene rings is 1. The molecule has 140 valence electrons. The summed E-state index contributed by atoms with van der Waals surface area (Å²) in [5, 5.41) is 35.3. The van der Waals surface area contributed by atoms with Crippen LogP contribution in [0.25, 0.3) is 0 Å². The van der Waals surface area contributed by atoms with Gasteiger partial charge in [-0.15, -0.1) is 0 Å². The maximum absolute atomic E-state index is 11.6. The summed E-state index contributed by atoms with van der Waals surface area (Å²) in [7, 11) is 0. The minimum absolute atomic E-state index is 0.0814. The molecule has 0 unspecified atom stereocenters. The minimum Gasteiger partial charge on any atom is -0.761 e. The first-order valence-corrected chi connectivity index (χ1v) is 8.67. The summed E-state index contributed by atoms with van der Waals surface area (Å²) in [5.74, 6) is -0.875. The number of allylic oxidation sites excluding steroid dienone is 1. The second kappa shape index (κ2) is 7.63. The largest absolute Gasteiger partial charge is 0.761 e. The molecule has 0 saturated carbocycles. The highest BCUT2D eigenvalue weighted by Crippen LogP contribution is 2.42. The maximum Gasteiger partial charge on any atom is 0.280 e. The second-order valence-electron chi connectivity index (χ2n) is 5.85. The Labute approximate surface area is 169 Å². The summed E-state index contributed by atoms with van der Waals surface area (Å²) in [4.78, 5) is 21.6. The number of pyridine rings is 1. The van der Waals surface area contributed by atoms with E-state index in [1.165, 1.54) is 6.07 Å². The zero-order chi connectivity index (χ0) is 20.4. The summed E-state index contributed by atoms with van der Waals surface area (Å²) in [6.07, 6.45) is 3.43. The quantitative estimate of drug-likeness (QED) is 0.266. The number of thiocarbonyl (C=S) groups is 1. The molecule has 2 heterocycles. The molecule has 0 fully saturated rings. The monoisotopic (exact) mass is 413 g/mol. The molecule has 1 aromatic heterocycles. The van der Waals surface area contributed by atoms with Crippen molar-refractivity contribution in [3.05, 3.63) is 85.2 Å². The summed E-state index contributed by atoms with van der Waals surface area (Å²) in [5.41, 5.74) is -0.667. The Morgan fingerprint density at radius 2 is 1.86 bits per heavy atom. The molecule has 2 aromatic rings. The number of nitro groups is 2. The topological polar surface area (TPSA) is 126 Å². The van der Waals surface area contributed by atoms with Crippen molar-refractivity contribution in [1.82, 2.24) is 5.32 Å². The molecule has 1 aliphatic rings. The summed E-state index contributed by atoms with van der Waals surface area (Å²) in [6, 6.07) is 9.96. The van der Waals surface area contributed by atoms with E-state index in [4.69, 9.17) is 24.8 Å². The number of nitro benzene ring substituents is 2. The van der Waals surface area contributed by atoms with E-state index in [-0.39, 0.29) is 21.2 Å². The molecule has 0 spiro atoms. The highest BCUT2D eigenvalue weighted by Gasteiger charge is 2.43. The molecule has 1 aliphatic heterocycles. The van der Waals surface area contributed by atoms with Crippen molar-refractivity contribution in [2.45, 2.75) is 12.0 Å². The van der Waals surface area contributed by atoms with Gasteiger partial charge >= 0.3 is 0 Å². The Morgan fingerprint density at radius 3 is 2.43 bits per heavy atom. The van der Waals surface area contributed by atoms with E-state index in [1.807, 2.05) is 6.07 Å². The maximum atomic E-state index is 11.6. The van der Waals surface area contributed by atoms with Gasteiger partial charge in [0.1, 0.15) is 4.99 Å². The van der Waals surface area contributed by atoms with Gasteiger partial charge in [0.15, 0.2) is 12.4 Å². The van der Waals surface area contributed by atoms with Crippen LogP contribution in [0.15, 0.2) is 59.4 Å². The van der Waals surface area contributed by atoms with Gasteiger partial charge in [-0.1, -0.05) is 23.3 Å². The average molecular weight is 413 g/mol. The Balaban J connectivity index is 2.29. The lowest BCUT2D eigenvalue weighted by molar-refractivity contribution is -0.708. The standard InChI is InChI=1S/C17H11N5O4S2/c18-9-12-14(11-5-4-10(21(23)24)8-13(11)22(25)26)15(17(28)19-16(12)27)20-6-2-1-3-7-20/h1-8,14-15H,(H-,19,27,28)/t14-,15+/m0/s1. The fourth-order valence-corrected chi connectivity index (χ4v) is 3.83. The molecule has 0 saturated heterocycles. The Bertz CT molecular complexity index is 1060. The number of nitrogens with zero attached hydrogens (tertiary/aromatic N) is 4. The van der Waals surface area contributed by atoms with Gasteiger partial charge in [-0.3, -0.25) is 20.2 Å². The number of hydrogen-bond donors (Lipinski definition) is 1. The summed E-state index contributed by atoms with van der Waals surface area (Å²) < 4.78 is 1.71. The van der Waals surface area contributed by atoms with E-state index in [0.29, 0.717) is 0 Å². The van der Waals surface area contributed by atoms with Gasteiger partial charge in [-0.05, 0) is 6.07 Å². The van der Waals surface area contributed by atoms with Crippen LogP contribution in [0.3, 0.4) is 0 Å². The van der Waals surface area contributed by atoms with Crippen molar-refractivity contribution < 1.29 is 14.4 Å². The van der Waals surface area contributed by atoms with E-state index < -0.39 is 33.2 Å². The molecule has 0 bridgehead atoms. The SMILES string of the molecule is N#CC1=C([S-])NC(=S)[C@H]([n+]2ccccc2)[C@H]1c1ccc([N+](=O)[O-])cc1[N+](=O)[O-]. The Kier molecular flexibility index (Phi) is 5.25. The molecule has 28 heavy (non-hydrogen) atoms. The van der Waals surface area contributed by atoms with Gasteiger partial charge in [-0.2, -0.15) is 9.83 Å². The van der Waals surface area contributed by atoms with Crippen LogP contribution in [-0.2, 0) is 12.6 Å². The molecular formula is C17H11N5O4S2. The number of non-ortho nitro benzene ring substituents is 1. The van der Waals surface area contributed by atoms with Gasteiger partial charge in [0.25, 0.3) is 11.4 Å². The number of nitrogens with one attached hydrogen (secondary N) is 1. The van der Waals surface area contributed by atoms with Crippen molar-refractivity contribution in [2.75, 3.05) is 0 Å². The number of aromatic nitrogens is 1. The first-order valence-electron chi connectivity index (χ1n) is 7.85. The lowest BCUT2D eigenvalue weighted by Crippen LogP contribution is -2.52. The average Bonchev–Trinajstić information content (AvgIpc) is 2.67. The van der Waals surface area contributed by atoms with Crippen molar-refractivity contribution in [2.24, 2.45) is 0 Å². The zero-order valence-corrected chi connectivity index (χ0v) is 15.6. The third kappa shape index (κ3) is 3.38. The normalized spacial score (nSPS) is 18.9. The number of nitriles is 1. The van der Waals surface area contributed by atoms with Crippen LogP contribution in [0.1, 0.15) is 17.5 Å². The highest BCUT2D eigenvalue weighted by atomic mass is 32.1. The number of hydrogen-bond acceptors (Lipinski definition) is 7. The van der Waals surface area contributed by atoms with E-state index in [0.717, 1.165) is 12.1 Å². The molecule has 0 amide bonds. The van der Waals surface area contributed by atoms with Crippen LogP contribution in [0.2, 0.25) is 0 Å². The molecule has 11 heteroatoms. The molecule has 1 N–H and O–H groups in total. The molecular weight excluding hydrogens is 402 g/mol. The second-order valence-corrected chi connectivity index (χ2v) is 6.69. The molecule has 0 aliphatic carbocycles. The van der Waals surface area contributed by atoms with Crippen LogP contribution in [-0.4, -0.2) is 14.8 Å². The predicted octanol–water partition coefficient (Wildman–Crippen LogP) is 2.33. The number of rotatable bonds is 4. The van der Waals surface area contributed by atoms with Crippen LogP contribution in [0, 0.1) is 31.6 Å². The third-order valence-corrected chi connectivity index (χ3v) is 4.98. The minimum atomic E-state index is -0.875. The van der Waals surface area contributed by atoms with Crippen LogP contribution in [0.4, 0.5) is 11.4 Å². The zero-order valence-electron chi connectivity index (χ0n) is 14.0. The highest BCUT2D eigenvalue weighted by molar-refractivity contribution is 7.80. The van der Waals surface area contributed by atoms with Crippen LogP contribution < -0.4 is 9.88 Å². The first-order chi connectivity index (χ1) is 13.3. The van der Waals surface area contributed by atoms with Crippen LogP contribution in [0.5, 0.6) is 0 Å². The summed E-state index contributed by atoms with van der Waals surface area (Å²) in [6.45, 7) is 0. The molecule has 2 atom stereocenters. The Hall–Kier alpha value is -3.49. The lowest BCUT2D eigenvalue weighted by atomic mass is 9.82. The van der Waals surface area contributed by atoms with E-state index in [1.54, 1.807) is 35.2 Å². The first kappa shape index (κ1) is 19.3. The lowest BCUT2D eigenvalue weighted by Gasteiger charge is -2.33. The van der Waals surface area contributed by atoms with Gasteiger partial charge < -0.3 is 17.9 Å². The molecule has 3 rings (SSSR count). The predicted molar refractivity (Wildman–Crippen MR) is 104 cm³/mol. The van der Waals surface area contributed by atoms with E-state index in [2.05, 4.69) is 5.32 Å².